The second kappa shape index (κ2) is 9.43. The summed E-state index contributed by atoms with van der Waals surface area (Å²) in [6.45, 7) is 2.32. The molecule has 7 heteroatoms. The van der Waals surface area contributed by atoms with Crippen molar-refractivity contribution in [3.8, 4) is 5.75 Å². The number of ether oxygens (including phenoxy) is 1. The second-order valence-electron chi connectivity index (χ2n) is 7.56. The number of benzene rings is 2. The average Bonchev–Trinajstić information content (AvgIpc) is 2.80. The highest BCUT2D eigenvalue weighted by atomic mass is 16.5. The van der Waals surface area contributed by atoms with E-state index in [9.17, 15) is 9.59 Å². The van der Waals surface area contributed by atoms with E-state index in [0.29, 0.717) is 30.2 Å². The van der Waals surface area contributed by atoms with Crippen LogP contribution in [-0.4, -0.2) is 42.2 Å². The molecule has 1 aliphatic heterocycles. The molecule has 4 rings (SSSR count). The minimum absolute atomic E-state index is 0.341. The number of carbonyl (C=O) groups excluding carboxylic acids is 2. The summed E-state index contributed by atoms with van der Waals surface area (Å²) in [6, 6.07) is 14.2. The van der Waals surface area contributed by atoms with Crippen molar-refractivity contribution in [1.29, 1.82) is 0 Å². The van der Waals surface area contributed by atoms with Gasteiger partial charge in [-0.3, -0.25) is 4.90 Å². The molecule has 1 heterocycles. The fourth-order valence-electron chi connectivity index (χ4n) is 3.59. The molecular weight excluding hydrogens is 404 g/mol. The Morgan fingerprint density at radius 1 is 1.19 bits per heavy atom. The third-order valence-corrected chi connectivity index (χ3v) is 5.29. The number of aryl methyl sites for hydroxylation is 1. The molecule has 2 aliphatic rings. The van der Waals surface area contributed by atoms with E-state index in [4.69, 9.17) is 4.74 Å². The zero-order valence-corrected chi connectivity index (χ0v) is 18.0. The number of anilines is 1. The first-order valence-corrected chi connectivity index (χ1v) is 10.4. The van der Waals surface area contributed by atoms with Crippen LogP contribution in [0.2, 0.25) is 0 Å². The Hall–Kier alpha value is -4.00. The predicted molar refractivity (Wildman–Crippen MR) is 126 cm³/mol. The molecule has 0 spiro atoms. The first-order chi connectivity index (χ1) is 15.5. The maximum atomic E-state index is 12.8. The largest absolute Gasteiger partial charge is 0.497 e. The molecule has 0 radical (unpaired) electrons. The number of fused-ring (bicyclic) bond motifs is 1. The van der Waals surface area contributed by atoms with Crippen molar-refractivity contribution in [1.82, 2.24) is 4.90 Å². The maximum absolute atomic E-state index is 12.8. The van der Waals surface area contributed by atoms with Crippen LogP contribution in [0.3, 0.4) is 0 Å². The molecule has 0 saturated carbocycles. The third-order valence-electron chi connectivity index (χ3n) is 5.29. The van der Waals surface area contributed by atoms with Gasteiger partial charge in [0.15, 0.2) is 0 Å². The third kappa shape index (κ3) is 4.83. The van der Waals surface area contributed by atoms with Crippen LogP contribution in [0.15, 0.2) is 82.8 Å². The standard InChI is InChI=1S/C25H24N4O3/c1-17-10-12-19(13-11-17)26-24(30)28-23-21-8-3-4-9-22(21)27-25(31)29(23)15-14-18-6-5-7-20(16-18)32-2/h3-13,16,21H,14-15H2,1-2H3,(H,26,30)/b28-23-. The number of amides is 4. The molecule has 4 amide bonds. The summed E-state index contributed by atoms with van der Waals surface area (Å²) >= 11 is 0. The van der Waals surface area contributed by atoms with Gasteiger partial charge in [-0.05, 0) is 49.2 Å². The monoisotopic (exact) mass is 428 g/mol. The Kier molecular flexibility index (Phi) is 6.26. The molecule has 0 aromatic heterocycles. The van der Waals surface area contributed by atoms with Crippen LogP contribution in [0, 0.1) is 12.8 Å². The minimum Gasteiger partial charge on any atom is -0.497 e. The number of nitrogens with one attached hydrogen (secondary N) is 1. The highest BCUT2D eigenvalue weighted by Gasteiger charge is 2.34. The molecular formula is C25H24N4O3. The summed E-state index contributed by atoms with van der Waals surface area (Å²) in [4.78, 5) is 35.5. The van der Waals surface area contributed by atoms with Gasteiger partial charge in [-0.1, -0.05) is 48.1 Å². The van der Waals surface area contributed by atoms with Crippen molar-refractivity contribution < 1.29 is 14.3 Å². The quantitative estimate of drug-likeness (QED) is 0.743. The number of aliphatic imine (C=N–C) groups is 2. The van der Waals surface area contributed by atoms with E-state index >= 15 is 0 Å². The minimum atomic E-state index is -0.535. The SMILES string of the molecule is COc1cccc(CCN2C(=O)N=C3C=CC=CC3/C2=N/C(=O)Nc2ccc(C)cc2)c1. The van der Waals surface area contributed by atoms with Crippen LogP contribution in [0.5, 0.6) is 5.75 Å². The van der Waals surface area contributed by atoms with Gasteiger partial charge in [0.05, 0.1) is 18.7 Å². The van der Waals surface area contributed by atoms with Gasteiger partial charge in [0, 0.05) is 12.2 Å². The van der Waals surface area contributed by atoms with E-state index < -0.39 is 12.1 Å². The van der Waals surface area contributed by atoms with E-state index in [-0.39, 0.29) is 5.92 Å². The Morgan fingerprint density at radius 2 is 2.00 bits per heavy atom. The number of carbonyl (C=O) groups is 2. The normalized spacial score (nSPS) is 18.4. The van der Waals surface area contributed by atoms with E-state index in [0.717, 1.165) is 16.9 Å². The van der Waals surface area contributed by atoms with Crippen LogP contribution >= 0.6 is 0 Å². The average molecular weight is 428 g/mol. The number of hydrogen-bond donors (Lipinski definition) is 1. The number of urea groups is 2. The van der Waals surface area contributed by atoms with Crippen LogP contribution in [0.4, 0.5) is 15.3 Å². The highest BCUT2D eigenvalue weighted by Crippen LogP contribution is 2.22. The second-order valence-corrected chi connectivity index (χ2v) is 7.56. The molecule has 2 aromatic carbocycles. The van der Waals surface area contributed by atoms with Crippen molar-refractivity contribution in [2.75, 3.05) is 19.0 Å². The van der Waals surface area contributed by atoms with Crippen LogP contribution in [-0.2, 0) is 6.42 Å². The lowest BCUT2D eigenvalue weighted by Gasteiger charge is -2.31. The topological polar surface area (TPSA) is 83.4 Å². The molecule has 1 unspecified atom stereocenters. The number of amidine groups is 1. The molecule has 162 valence electrons. The zero-order chi connectivity index (χ0) is 22.5. The molecule has 0 fully saturated rings. The van der Waals surface area contributed by atoms with Gasteiger partial charge in [0.25, 0.3) is 0 Å². The number of nitrogens with zero attached hydrogens (tertiary/aromatic N) is 3. The maximum Gasteiger partial charge on any atom is 0.349 e. The highest BCUT2D eigenvalue weighted by molar-refractivity contribution is 6.24. The van der Waals surface area contributed by atoms with Crippen molar-refractivity contribution in [3.63, 3.8) is 0 Å². The van der Waals surface area contributed by atoms with Gasteiger partial charge in [-0.15, -0.1) is 0 Å². The molecule has 7 nitrogen and oxygen atoms in total. The first kappa shape index (κ1) is 21.2. The first-order valence-electron chi connectivity index (χ1n) is 10.4. The molecule has 1 N–H and O–H groups in total. The fraction of sp³-hybridized carbons (Fsp3) is 0.200. The molecule has 1 atom stereocenters. The fourth-order valence-corrected chi connectivity index (χ4v) is 3.59. The summed E-state index contributed by atoms with van der Waals surface area (Å²) in [7, 11) is 1.61. The van der Waals surface area contributed by atoms with Crippen molar-refractivity contribution in [3.05, 3.63) is 84.0 Å². The Balaban J connectivity index is 1.59. The summed E-state index contributed by atoms with van der Waals surface area (Å²) < 4.78 is 5.28. The Bertz CT molecular complexity index is 1150. The van der Waals surface area contributed by atoms with Gasteiger partial charge >= 0.3 is 12.1 Å². The lowest BCUT2D eigenvalue weighted by molar-refractivity contribution is 0.228. The molecule has 0 bridgehead atoms. The number of allylic oxidation sites excluding steroid dienone is 3. The van der Waals surface area contributed by atoms with E-state index in [1.54, 1.807) is 13.2 Å². The number of hydrogen-bond acceptors (Lipinski definition) is 3. The lowest BCUT2D eigenvalue weighted by Crippen LogP contribution is -2.47. The number of methoxy groups -OCH3 is 1. The lowest BCUT2D eigenvalue weighted by atomic mass is 9.94. The van der Waals surface area contributed by atoms with Crippen molar-refractivity contribution in [2.24, 2.45) is 15.9 Å². The van der Waals surface area contributed by atoms with Crippen LogP contribution in [0.1, 0.15) is 11.1 Å². The van der Waals surface area contributed by atoms with Gasteiger partial charge in [-0.2, -0.15) is 9.98 Å². The molecule has 1 aliphatic carbocycles. The predicted octanol–water partition coefficient (Wildman–Crippen LogP) is 4.80. The summed E-state index contributed by atoms with van der Waals surface area (Å²) in [6.07, 6.45) is 7.92. The van der Waals surface area contributed by atoms with E-state index in [1.165, 1.54) is 4.90 Å². The van der Waals surface area contributed by atoms with Crippen molar-refractivity contribution in [2.45, 2.75) is 13.3 Å². The number of rotatable bonds is 5. The van der Waals surface area contributed by atoms with Crippen LogP contribution in [0.25, 0.3) is 0 Å². The van der Waals surface area contributed by atoms with Gasteiger partial charge in [0.1, 0.15) is 11.6 Å². The van der Waals surface area contributed by atoms with E-state index in [1.807, 2.05) is 73.7 Å². The Labute approximate surface area is 186 Å². The smallest absolute Gasteiger partial charge is 0.349 e. The van der Waals surface area contributed by atoms with Gasteiger partial charge < -0.3 is 10.1 Å². The van der Waals surface area contributed by atoms with Crippen molar-refractivity contribution >= 4 is 29.3 Å². The van der Waals surface area contributed by atoms with Gasteiger partial charge in [-0.25, -0.2) is 9.59 Å². The zero-order valence-electron chi connectivity index (χ0n) is 18.0. The Morgan fingerprint density at radius 3 is 2.78 bits per heavy atom. The summed E-state index contributed by atoms with van der Waals surface area (Å²) in [5.74, 6) is 0.763. The molecule has 0 saturated heterocycles. The molecule has 32 heavy (non-hydrogen) atoms. The molecule has 2 aromatic rings. The summed E-state index contributed by atoms with van der Waals surface area (Å²) in [5, 5.41) is 2.77. The van der Waals surface area contributed by atoms with Crippen LogP contribution < -0.4 is 10.1 Å². The van der Waals surface area contributed by atoms with Gasteiger partial charge in [0.2, 0.25) is 0 Å². The van der Waals surface area contributed by atoms with E-state index in [2.05, 4.69) is 15.3 Å². The summed E-state index contributed by atoms with van der Waals surface area (Å²) in [5.41, 5.74) is 3.32.